The van der Waals surface area contributed by atoms with Crippen molar-refractivity contribution >= 4 is 41.8 Å². The third kappa shape index (κ3) is 4.10. The number of benzene rings is 6. The Morgan fingerprint density at radius 1 is 0.442 bits per heavy atom. The number of fused-ring (bicyclic) bond motifs is 4. The highest BCUT2D eigenvalue weighted by atomic mass is 28.3. The molecule has 6 aromatic rings. The molecule has 0 amide bonds. The van der Waals surface area contributed by atoms with Gasteiger partial charge in [-0.1, -0.05) is 170 Å². The van der Waals surface area contributed by atoms with Crippen molar-refractivity contribution in [2.45, 2.75) is 38.8 Å². The van der Waals surface area contributed by atoms with Crippen molar-refractivity contribution in [1.29, 1.82) is 0 Å². The minimum atomic E-state index is -1.91. The van der Waals surface area contributed by atoms with Gasteiger partial charge in [0.2, 0.25) is 0 Å². The Hall–Kier alpha value is -4.46. The lowest BCUT2D eigenvalue weighted by Gasteiger charge is -2.33. The third-order valence-electron chi connectivity index (χ3n) is 10.4. The van der Waals surface area contributed by atoms with Crippen molar-refractivity contribution in [2.24, 2.45) is 0 Å². The van der Waals surface area contributed by atoms with Crippen LogP contribution in [0.4, 0.5) is 0 Å². The zero-order valence-corrected chi connectivity index (χ0v) is 26.0. The van der Waals surface area contributed by atoms with Crippen molar-refractivity contribution in [2.75, 3.05) is 0 Å². The summed E-state index contributed by atoms with van der Waals surface area (Å²) in [6.45, 7) is 4.92. The van der Waals surface area contributed by atoms with E-state index in [0.717, 1.165) is 12.8 Å². The number of hydrogen-bond acceptors (Lipinski definition) is 0. The van der Waals surface area contributed by atoms with Crippen LogP contribution in [0.1, 0.15) is 36.1 Å². The molecule has 0 unspecified atom stereocenters. The molecule has 0 heterocycles. The maximum atomic E-state index is 2.63. The largest absolute Gasteiger partial charge is 0.109 e. The quantitative estimate of drug-likeness (QED) is 0.175. The van der Waals surface area contributed by atoms with Crippen LogP contribution < -0.4 is 0 Å². The predicted octanol–water partition coefficient (Wildman–Crippen LogP) is 11.5. The first-order valence-electron chi connectivity index (χ1n) is 15.8. The number of rotatable bonds is 6. The molecule has 2 aliphatic carbocycles. The molecule has 2 aliphatic rings. The molecule has 0 saturated heterocycles. The average Bonchev–Trinajstić information content (AvgIpc) is 3.71. The molecule has 6 aromatic carbocycles. The molecular weight excluding hydrogens is 533 g/mol. The molecule has 0 atom stereocenters. The van der Waals surface area contributed by atoms with E-state index in [1.54, 1.807) is 10.4 Å². The summed E-state index contributed by atoms with van der Waals surface area (Å²) in [5, 5.41) is 8.72. The zero-order chi connectivity index (χ0) is 29.0. The maximum Gasteiger partial charge on any atom is 0.109 e. The van der Waals surface area contributed by atoms with Gasteiger partial charge in [-0.05, 0) is 78.9 Å². The van der Waals surface area contributed by atoms with Crippen LogP contribution in [0.2, 0.25) is 12.1 Å². The molecule has 0 spiro atoms. The van der Waals surface area contributed by atoms with Crippen LogP contribution in [-0.2, 0) is 12.8 Å². The van der Waals surface area contributed by atoms with Crippen LogP contribution in [0, 0.1) is 0 Å². The molecule has 0 nitrogen and oxygen atoms in total. The van der Waals surface area contributed by atoms with E-state index >= 15 is 0 Å². The highest BCUT2D eigenvalue weighted by Crippen LogP contribution is 2.47. The number of allylic oxidation sites excluding steroid dienone is 2. The van der Waals surface area contributed by atoms with Crippen LogP contribution in [0.25, 0.3) is 56.0 Å². The summed E-state index contributed by atoms with van der Waals surface area (Å²) < 4.78 is 0. The smallest absolute Gasteiger partial charge is 0.0709 e. The van der Waals surface area contributed by atoms with Gasteiger partial charge in [0, 0.05) is 0 Å². The predicted molar refractivity (Wildman–Crippen MR) is 189 cm³/mol. The zero-order valence-electron chi connectivity index (χ0n) is 25.0. The SMILES string of the molecule is CC[Si](CC)(C1=Cc2c(cccc2-c2cccc3ccccc23)C1)C1=Cc2c(cccc2-c2cccc3ccccc23)C1. The highest BCUT2D eigenvalue weighted by molar-refractivity contribution is 6.94. The van der Waals surface area contributed by atoms with Gasteiger partial charge >= 0.3 is 0 Å². The Kier molecular flexibility index (Phi) is 6.31. The molecule has 0 N–H and O–H groups in total. The summed E-state index contributed by atoms with van der Waals surface area (Å²) in [6.07, 6.45) is 7.43. The van der Waals surface area contributed by atoms with E-state index in [1.165, 1.54) is 78.1 Å². The Labute approximate surface area is 256 Å². The Morgan fingerprint density at radius 3 is 1.30 bits per heavy atom. The first-order valence-corrected chi connectivity index (χ1v) is 18.2. The van der Waals surface area contributed by atoms with Crippen LogP contribution >= 0.6 is 0 Å². The molecule has 8 rings (SSSR count). The van der Waals surface area contributed by atoms with E-state index in [4.69, 9.17) is 0 Å². The number of hydrogen-bond donors (Lipinski definition) is 0. The molecule has 0 aliphatic heterocycles. The second-order valence-corrected chi connectivity index (χ2v) is 17.2. The first-order chi connectivity index (χ1) is 21.2. The van der Waals surface area contributed by atoms with Crippen molar-refractivity contribution in [3.05, 3.63) is 154 Å². The maximum absolute atomic E-state index is 2.63. The van der Waals surface area contributed by atoms with Gasteiger partial charge in [-0.2, -0.15) is 0 Å². The average molecular weight is 569 g/mol. The molecule has 0 aromatic heterocycles. The third-order valence-corrected chi connectivity index (χ3v) is 15.9. The lowest BCUT2D eigenvalue weighted by molar-refractivity contribution is 1.15. The molecule has 0 radical (unpaired) electrons. The Balaban J connectivity index is 1.24. The second kappa shape index (κ2) is 10.4. The molecule has 0 fully saturated rings. The van der Waals surface area contributed by atoms with Crippen LogP contribution in [0.15, 0.2) is 132 Å². The Morgan fingerprint density at radius 2 is 0.837 bits per heavy atom. The lowest BCUT2D eigenvalue weighted by Crippen LogP contribution is -2.39. The topological polar surface area (TPSA) is 0 Å². The van der Waals surface area contributed by atoms with E-state index in [2.05, 4.69) is 147 Å². The molecule has 208 valence electrons. The standard InChI is InChI=1S/C42H36Si/c1-3-43(4-2,33-25-31-17-11-23-39(41(31)27-33)37-21-9-15-29-13-5-7-19-35(29)37)34-26-32-18-12-24-40(42(32)28-34)38-22-10-16-30-14-6-8-20-36(30)38/h5-24,27-28H,3-4,25-26H2,1-2H3. The summed E-state index contributed by atoms with van der Waals surface area (Å²) in [5.74, 6) is 0. The fraction of sp³-hybridized carbons (Fsp3) is 0.143. The normalized spacial score (nSPS) is 14.1. The van der Waals surface area contributed by atoms with Gasteiger partial charge in [0.1, 0.15) is 8.07 Å². The van der Waals surface area contributed by atoms with Crippen molar-refractivity contribution in [3.63, 3.8) is 0 Å². The summed E-state index contributed by atoms with van der Waals surface area (Å²) in [5.41, 5.74) is 11.3. The van der Waals surface area contributed by atoms with Gasteiger partial charge in [-0.3, -0.25) is 0 Å². The van der Waals surface area contributed by atoms with Gasteiger partial charge in [-0.25, -0.2) is 0 Å². The van der Waals surface area contributed by atoms with Crippen molar-refractivity contribution in [3.8, 4) is 22.3 Å². The Bertz CT molecular complexity index is 1940. The fourth-order valence-corrected chi connectivity index (χ4v) is 12.7. The molecular formula is C42H36Si. The van der Waals surface area contributed by atoms with Gasteiger partial charge in [0.05, 0.1) is 0 Å². The van der Waals surface area contributed by atoms with E-state index in [1.807, 2.05) is 0 Å². The minimum absolute atomic E-state index is 1.09. The van der Waals surface area contributed by atoms with Gasteiger partial charge in [0.25, 0.3) is 0 Å². The highest BCUT2D eigenvalue weighted by Gasteiger charge is 2.41. The van der Waals surface area contributed by atoms with Crippen LogP contribution in [-0.4, -0.2) is 8.07 Å². The van der Waals surface area contributed by atoms with E-state index in [-0.39, 0.29) is 0 Å². The van der Waals surface area contributed by atoms with Gasteiger partial charge in [-0.15, -0.1) is 0 Å². The van der Waals surface area contributed by atoms with Crippen molar-refractivity contribution < 1.29 is 0 Å². The van der Waals surface area contributed by atoms with Gasteiger partial charge < -0.3 is 0 Å². The first kappa shape index (κ1) is 26.2. The van der Waals surface area contributed by atoms with Crippen LogP contribution in [0.3, 0.4) is 0 Å². The molecule has 1 heteroatoms. The summed E-state index contributed by atoms with van der Waals surface area (Å²) >= 11 is 0. The molecule has 43 heavy (non-hydrogen) atoms. The van der Waals surface area contributed by atoms with Crippen LogP contribution in [0.5, 0.6) is 0 Å². The summed E-state index contributed by atoms with van der Waals surface area (Å²) in [4.78, 5) is 0. The second-order valence-electron chi connectivity index (χ2n) is 12.3. The molecule has 0 bridgehead atoms. The van der Waals surface area contributed by atoms with E-state index < -0.39 is 8.07 Å². The molecule has 0 saturated carbocycles. The minimum Gasteiger partial charge on any atom is -0.0709 e. The fourth-order valence-electron chi connectivity index (χ4n) is 8.11. The summed E-state index contributed by atoms with van der Waals surface area (Å²) in [6, 6.07) is 47.5. The van der Waals surface area contributed by atoms with Crippen molar-refractivity contribution in [1.82, 2.24) is 0 Å². The monoisotopic (exact) mass is 568 g/mol. The van der Waals surface area contributed by atoms with Gasteiger partial charge in [0.15, 0.2) is 0 Å². The van der Waals surface area contributed by atoms with E-state index in [0.29, 0.717) is 0 Å². The lowest BCUT2D eigenvalue weighted by atomic mass is 9.93. The summed E-state index contributed by atoms with van der Waals surface area (Å²) in [7, 11) is -1.91. The van der Waals surface area contributed by atoms with E-state index in [9.17, 15) is 0 Å².